The first kappa shape index (κ1) is 19.1. The van der Waals surface area contributed by atoms with E-state index in [1.165, 1.54) is 0 Å². The van der Waals surface area contributed by atoms with E-state index in [0.29, 0.717) is 12.0 Å². The Morgan fingerprint density at radius 1 is 1.35 bits per heavy atom. The van der Waals surface area contributed by atoms with E-state index in [0.717, 1.165) is 5.56 Å². The molecular weight excluding hydrogens is 322 g/mol. The number of phenols is 1. The van der Waals surface area contributed by atoms with Gasteiger partial charge < -0.3 is 20.3 Å². The first-order valence-electron chi connectivity index (χ1n) is 7.26. The van der Waals surface area contributed by atoms with E-state index in [1.807, 2.05) is 6.92 Å². The minimum absolute atomic E-state index is 0.103. The number of aryl methyl sites for hydroxylation is 1. The number of carbonyl (C=O) groups excluding carboxylic acids is 1. The molecule has 128 valence electrons. The minimum Gasteiger partial charge on any atom is -0.506 e. The molecule has 1 aromatic carbocycles. The van der Waals surface area contributed by atoms with Crippen LogP contribution in [0.1, 0.15) is 38.8 Å². The number of carbonyl (C=O) groups is 2. The lowest BCUT2D eigenvalue weighted by molar-refractivity contribution is -0.139. The zero-order valence-electron chi connectivity index (χ0n) is 13.6. The Kier molecular flexibility index (Phi) is 6.27. The van der Waals surface area contributed by atoms with Crippen LogP contribution in [-0.2, 0) is 22.4 Å². The van der Waals surface area contributed by atoms with Gasteiger partial charge in [0.15, 0.2) is 0 Å². The van der Waals surface area contributed by atoms with Gasteiger partial charge in [0.25, 0.3) is 0 Å². The topological polar surface area (TPSA) is 95.9 Å². The van der Waals surface area contributed by atoms with E-state index in [-0.39, 0.29) is 17.2 Å². The van der Waals surface area contributed by atoms with Gasteiger partial charge in [-0.2, -0.15) is 0 Å². The average Bonchev–Trinajstić information content (AvgIpc) is 2.40. The largest absolute Gasteiger partial charge is 0.506 e. The second-order valence-corrected chi connectivity index (χ2v) is 6.59. The summed E-state index contributed by atoms with van der Waals surface area (Å²) >= 11 is 5.94. The standard InChI is InChI=1S/C16H22ClNO5/c1-5-9-6-10(13(19)11(17)7-9)8-12(14(20)21)18-15(22)23-16(2,3)4/h6-7,12,19H,5,8H2,1-4H3,(H,18,22)(H,20,21). The van der Waals surface area contributed by atoms with Gasteiger partial charge in [0, 0.05) is 6.42 Å². The molecule has 1 aromatic rings. The fourth-order valence-corrected chi connectivity index (χ4v) is 2.21. The molecule has 0 radical (unpaired) electrons. The molecule has 0 fully saturated rings. The quantitative estimate of drug-likeness (QED) is 0.763. The molecule has 0 saturated carbocycles. The Balaban J connectivity index is 2.95. The van der Waals surface area contributed by atoms with E-state index in [9.17, 15) is 19.8 Å². The number of carboxylic acid groups (broad SMARTS) is 1. The Hall–Kier alpha value is -1.95. The molecule has 0 spiro atoms. The summed E-state index contributed by atoms with van der Waals surface area (Å²) in [5, 5.41) is 21.7. The molecule has 23 heavy (non-hydrogen) atoms. The monoisotopic (exact) mass is 343 g/mol. The zero-order valence-corrected chi connectivity index (χ0v) is 14.4. The molecule has 3 N–H and O–H groups in total. The van der Waals surface area contributed by atoms with Crippen molar-refractivity contribution in [2.45, 2.75) is 52.2 Å². The highest BCUT2D eigenvalue weighted by molar-refractivity contribution is 6.32. The Morgan fingerprint density at radius 3 is 2.43 bits per heavy atom. The van der Waals surface area contributed by atoms with E-state index in [4.69, 9.17) is 16.3 Å². The maximum Gasteiger partial charge on any atom is 0.408 e. The Morgan fingerprint density at radius 2 is 1.96 bits per heavy atom. The van der Waals surface area contributed by atoms with Crippen LogP contribution >= 0.6 is 11.6 Å². The number of nitrogens with one attached hydrogen (secondary N) is 1. The third kappa shape index (κ3) is 5.98. The number of phenolic OH excluding ortho intramolecular Hbond substituents is 1. The molecule has 0 bridgehead atoms. The van der Waals surface area contributed by atoms with Crippen LogP contribution in [-0.4, -0.2) is 33.9 Å². The van der Waals surface area contributed by atoms with Gasteiger partial charge in [-0.15, -0.1) is 0 Å². The minimum atomic E-state index is -1.24. The van der Waals surface area contributed by atoms with Crippen LogP contribution in [0.15, 0.2) is 12.1 Å². The SMILES string of the molecule is CCc1cc(Cl)c(O)c(CC(NC(=O)OC(C)(C)C)C(=O)O)c1. The van der Waals surface area contributed by atoms with Crippen LogP contribution in [0, 0.1) is 0 Å². The lowest BCUT2D eigenvalue weighted by Gasteiger charge is -2.22. The second-order valence-electron chi connectivity index (χ2n) is 6.18. The molecule has 7 heteroatoms. The molecule has 0 aromatic heterocycles. The number of benzene rings is 1. The van der Waals surface area contributed by atoms with Crippen molar-refractivity contribution < 1.29 is 24.5 Å². The smallest absolute Gasteiger partial charge is 0.408 e. The summed E-state index contributed by atoms with van der Waals surface area (Å²) < 4.78 is 5.05. The Bertz CT molecular complexity index is 595. The van der Waals surface area contributed by atoms with Crippen molar-refractivity contribution in [3.8, 4) is 5.75 Å². The summed E-state index contributed by atoms with van der Waals surface area (Å²) in [4.78, 5) is 23.1. The molecule has 0 aliphatic carbocycles. The molecule has 0 heterocycles. The number of aromatic hydroxyl groups is 1. The van der Waals surface area contributed by atoms with Gasteiger partial charge in [0.2, 0.25) is 0 Å². The van der Waals surface area contributed by atoms with E-state index >= 15 is 0 Å². The maximum atomic E-state index is 11.8. The zero-order chi connectivity index (χ0) is 17.8. The second kappa shape index (κ2) is 7.55. The summed E-state index contributed by atoms with van der Waals surface area (Å²) in [5.74, 6) is -1.41. The van der Waals surface area contributed by atoms with Gasteiger partial charge in [0.05, 0.1) is 5.02 Å². The number of carboxylic acids is 1. The van der Waals surface area contributed by atoms with Gasteiger partial charge in [0.1, 0.15) is 17.4 Å². The third-order valence-electron chi connectivity index (χ3n) is 3.02. The van der Waals surface area contributed by atoms with Crippen LogP contribution < -0.4 is 5.32 Å². The van der Waals surface area contributed by atoms with E-state index < -0.39 is 23.7 Å². The molecule has 0 aliphatic heterocycles. The molecular formula is C16H22ClNO5. The molecule has 6 nitrogen and oxygen atoms in total. The highest BCUT2D eigenvalue weighted by Gasteiger charge is 2.25. The van der Waals surface area contributed by atoms with Crippen molar-refractivity contribution >= 4 is 23.7 Å². The predicted molar refractivity (Wildman–Crippen MR) is 87.0 cm³/mol. The number of aliphatic carboxylic acids is 1. The van der Waals surface area contributed by atoms with Crippen molar-refractivity contribution in [2.75, 3.05) is 0 Å². The van der Waals surface area contributed by atoms with Crippen molar-refractivity contribution in [3.63, 3.8) is 0 Å². The average molecular weight is 344 g/mol. The fraction of sp³-hybridized carbons (Fsp3) is 0.500. The van der Waals surface area contributed by atoms with Crippen molar-refractivity contribution in [1.82, 2.24) is 5.32 Å². The molecule has 1 unspecified atom stereocenters. The van der Waals surface area contributed by atoms with Crippen molar-refractivity contribution in [3.05, 3.63) is 28.3 Å². The predicted octanol–water partition coefficient (Wildman–Crippen LogP) is 3.13. The fourth-order valence-electron chi connectivity index (χ4n) is 1.95. The first-order chi connectivity index (χ1) is 10.5. The lowest BCUT2D eigenvalue weighted by Crippen LogP contribution is -2.44. The summed E-state index contributed by atoms with van der Waals surface area (Å²) in [7, 11) is 0. The molecule has 1 amide bonds. The number of ether oxygens (including phenoxy) is 1. The number of amides is 1. The van der Waals surface area contributed by atoms with Gasteiger partial charge >= 0.3 is 12.1 Å². The number of rotatable bonds is 5. The summed E-state index contributed by atoms with van der Waals surface area (Å²) in [5.41, 5.74) is 0.489. The van der Waals surface area contributed by atoms with E-state index in [1.54, 1.807) is 32.9 Å². The highest BCUT2D eigenvalue weighted by atomic mass is 35.5. The van der Waals surface area contributed by atoms with Gasteiger partial charge in [-0.3, -0.25) is 0 Å². The van der Waals surface area contributed by atoms with Crippen LogP contribution in [0.3, 0.4) is 0 Å². The van der Waals surface area contributed by atoms with Gasteiger partial charge in [-0.05, 0) is 44.4 Å². The normalized spacial score (nSPS) is 12.6. The van der Waals surface area contributed by atoms with Crippen LogP contribution in [0.25, 0.3) is 0 Å². The summed E-state index contributed by atoms with van der Waals surface area (Å²) in [6, 6.07) is 2.06. The van der Waals surface area contributed by atoms with Crippen molar-refractivity contribution in [1.29, 1.82) is 0 Å². The number of alkyl carbamates (subject to hydrolysis) is 1. The van der Waals surface area contributed by atoms with Crippen LogP contribution in [0.4, 0.5) is 4.79 Å². The highest BCUT2D eigenvalue weighted by Crippen LogP contribution is 2.30. The summed E-state index contributed by atoms with van der Waals surface area (Å²) in [6.07, 6.45) is -0.250. The molecule has 0 aliphatic rings. The van der Waals surface area contributed by atoms with Crippen molar-refractivity contribution in [2.24, 2.45) is 0 Å². The lowest BCUT2D eigenvalue weighted by atomic mass is 10.0. The number of halogens is 1. The third-order valence-corrected chi connectivity index (χ3v) is 3.31. The number of hydrogen-bond donors (Lipinski definition) is 3. The maximum absolute atomic E-state index is 11.8. The van der Waals surface area contributed by atoms with Gasteiger partial charge in [-0.25, -0.2) is 9.59 Å². The molecule has 1 atom stereocenters. The van der Waals surface area contributed by atoms with Crippen LogP contribution in [0.5, 0.6) is 5.75 Å². The van der Waals surface area contributed by atoms with Gasteiger partial charge in [-0.1, -0.05) is 24.6 Å². The number of hydrogen-bond acceptors (Lipinski definition) is 4. The molecule has 0 saturated heterocycles. The molecule has 1 rings (SSSR count). The Labute approximate surface area is 140 Å². The first-order valence-corrected chi connectivity index (χ1v) is 7.64. The summed E-state index contributed by atoms with van der Waals surface area (Å²) in [6.45, 7) is 6.95. The van der Waals surface area contributed by atoms with E-state index in [2.05, 4.69) is 5.32 Å². The van der Waals surface area contributed by atoms with Crippen LogP contribution in [0.2, 0.25) is 5.02 Å².